The van der Waals surface area contributed by atoms with Gasteiger partial charge in [-0.25, -0.2) is 4.98 Å². The van der Waals surface area contributed by atoms with Crippen molar-refractivity contribution in [2.24, 2.45) is 0 Å². The van der Waals surface area contributed by atoms with Crippen molar-refractivity contribution in [1.82, 2.24) is 20.2 Å². The zero-order chi connectivity index (χ0) is 14.4. The van der Waals surface area contributed by atoms with Gasteiger partial charge in [-0.1, -0.05) is 26.7 Å². The van der Waals surface area contributed by atoms with Crippen LogP contribution in [0.15, 0.2) is 6.33 Å². The number of hydrogen-bond donors (Lipinski definition) is 2. The first kappa shape index (κ1) is 15.0. The molecule has 5 nitrogen and oxygen atoms in total. The smallest absolute Gasteiger partial charge is 0.240 e. The van der Waals surface area contributed by atoms with Gasteiger partial charge in [0, 0.05) is 26.1 Å². The molecule has 0 saturated carbocycles. The number of rotatable bonds is 7. The van der Waals surface area contributed by atoms with Gasteiger partial charge in [-0.2, -0.15) is 0 Å². The van der Waals surface area contributed by atoms with Crippen LogP contribution in [0, 0.1) is 0 Å². The van der Waals surface area contributed by atoms with Crippen molar-refractivity contribution < 1.29 is 4.79 Å². The Morgan fingerprint density at radius 3 is 2.70 bits per heavy atom. The van der Waals surface area contributed by atoms with Crippen LogP contribution in [0.25, 0.3) is 0 Å². The van der Waals surface area contributed by atoms with Gasteiger partial charge in [-0.05, 0) is 12.8 Å². The average Bonchev–Trinajstić information content (AvgIpc) is 2.94. The Labute approximate surface area is 121 Å². The molecule has 0 fully saturated rings. The van der Waals surface area contributed by atoms with E-state index in [1.165, 1.54) is 0 Å². The highest BCUT2D eigenvalue weighted by molar-refractivity contribution is 5.82. The fourth-order valence-electron chi connectivity index (χ4n) is 2.59. The van der Waals surface area contributed by atoms with Crippen LogP contribution >= 0.6 is 0 Å². The molecule has 1 unspecified atom stereocenters. The number of hydrogen-bond acceptors (Lipinski definition) is 3. The van der Waals surface area contributed by atoms with Crippen LogP contribution < -0.4 is 5.32 Å². The van der Waals surface area contributed by atoms with E-state index in [4.69, 9.17) is 0 Å². The van der Waals surface area contributed by atoms with Gasteiger partial charge < -0.3 is 9.88 Å². The molecule has 0 spiro atoms. The number of nitrogens with zero attached hydrogens (tertiary/aromatic N) is 2. The number of nitrogens with one attached hydrogen (secondary N) is 2. The number of fused-ring (bicyclic) bond motifs is 1. The average molecular weight is 278 g/mol. The molecule has 112 valence electrons. The molecule has 0 aliphatic carbocycles. The molecule has 2 N–H and O–H groups in total. The summed E-state index contributed by atoms with van der Waals surface area (Å²) < 4.78 is 0. The minimum atomic E-state index is -0.112. The molecule has 1 aliphatic rings. The Balaban J connectivity index is 1.96. The minimum Gasteiger partial charge on any atom is -0.347 e. The van der Waals surface area contributed by atoms with Crippen LogP contribution in [0.5, 0.6) is 0 Å². The van der Waals surface area contributed by atoms with E-state index in [-0.39, 0.29) is 11.9 Å². The van der Waals surface area contributed by atoms with E-state index in [0.717, 1.165) is 50.2 Å². The predicted molar refractivity (Wildman–Crippen MR) is 79.3 cm³/mol. The lowest BCUT2D eigenvalue weighted by molar-refractivity contribution is -0.133. The van der Waals surface area contributed by atoms with E-state index in [0.29, 0.717) is 13.0 Å². The molecule has 1 amide bonds. The molecule has 1 aromatic heterocycles. The molecule has 0 aromatic carbocycles. The van der Waals surface area contributed by atoms with Crippen LogP contribution in [0.3, 0.4) is 0 Å². The first-order valence-electron chi connectivity index (χ1n) is 7.79. The van der Waals surface area contributed by atoms with Crippen molar-refractivity contribution in [3.63, 3.8) is 0 Å². The summed E-state index contributed by atoms with van der Waals surface area (Å²) in [4.78, 5) is 22.1. The summed E-state index contributed by atoms with van der Waals surface area (Å²) in [5.74, 6) is 0.237. The summed E-state index contributed by atoms with van der Waals surface area (Å²) in [6.45, 7) is 6.79. The van der Waals surface area contributed by atoms with Crippen molar-refractivity contribution in [3.05, 3.63) is 17.7 Å². The standard InChI is InChI=1S/C15H26N4O/c1-3-5-7-19(8-6-4-2)15(20)13-9-12-14(10-16-13)18-11-17-12/h11,13,16H,3-10H2,1-2H3,(H,17,18). The summed E-state index contributed by atoms with van der Waals surface area (Å²) in [6.07, 6.45) is 6.82. The molecule has 1 atom stereocenters. The van der Waals surface area contributed by atoms with Crippen molar-refractivity contribution in [3.8, 4) is 0 Å². The van der Waals surface area contributed by atoms with Crippen LogP contribution in [0.2, 0.25) is 0 Å². The predicted octanol–water partition coefficient (Wildman–Crippen LogP) is 1.85. The third-order valence-corrected chi connectivity index (χ3v) is 3.90. The number of amides is 1. The fourth-order valence-corrected chi connectivity index (χ4v) is 2.59. The van der Waals surface area contributed by atoms with Crippen LogP contribution in [-0.2, 0) is 17.8 Å². The number of aromatic amines is 1. The molecule has 20 heavy (non-hydrogen) atoms. The van der Waals surface area contributed by atoms with E-state index in [1.54, 1.807) is 6.33 Å². The highest BCUT2D eigenvalue weighted by Crippen LogP contribution is 2.14. The molecule has 0 radical (unpaired) electrons. The molecule has 5 heteroatoms. The van der Waals surface area contributed by atoms with Gasteiger partial charge in [0.05, 0.1) is 23.8 Å². The van der Waals surface area contributed by atoms with Crippen molar-refractivity contribution >= 4 is 5.91 Å². The minimum absolute atomic E-state index is 0.112. The second-order valence-corrected chi connectivity index (χ2v) is 5.50. The summed E-state index contributed by atoms with van der Waals surface area (Å²) in [6, 6.07) is -0.112. The zero-order valence-electron chi connectivity index (χ0n) is 12.6. The van der Waals surface area contributed by atoms with Gasteiger partial charge in [-0.15, -0.1) is 0 Å². The van der Waals surface area contributed by atoms with Gasteiger partial charge in [0.25, 0.3) is 0 Å². The number of carbonyl (C=O) groups is 1. The van der Waals surface area contributed by atoms with E-state index >= 15 is 0 Å². The van der Waals surface area contributed by atoms with E-state index < -0.39 is 0 Å². The Hall–Kier alpha value is -1.36. The largest absolute Gasteiger partial charge is 0.347 e. The quantitative estimate of drug-likeness (QED) is 0.800. The van der Waals surface area contributed by atoms with Crippen LogP contribution in [0.1, 0.15) is 50.9 Å². The van der Waals surface area contributed by atoms with Gasteiger partial charge in [0.15, 0.2) is 0 Å². The summed E-state index contributed by atoms with van der Waals surface area (Å²) in [5.41, 5.74) is 2.15. The lowest BCUT2D eigenvalue weighted by Gasteiger charge is -2.29. The maximum atomic E-state index is 12.7. The highest BCUT2D eigenvalue weighted by Gasteiger charge is 2.28. The SMILES string of the molecule is CCCCN(CCCC)C(=O)C1Cc2nc[nH]c2CN1. The summed E-state index contributed by atoms with van der Waals surface area (Å²) in [5, 5.41) is 3.33. The highest BCUT2D eigenvalue weighted by atomic mass is 16.2. The molecule has 0 bridgehead atoms. The Morgan fingerprint density at radius 2 is 2.05 bits per heavy atom. The Morgan fingerprint density at radius 1 is 1.35 bits per heavy atom. The molecular formula is C15H26N4O. The number of carbonyl (C=O) groups excluding carboxylic acids is 1. The van der Waals surface area contributed by atoms with Crippen LogP contribution in [-0.4, -0.2) is 39.9 Å². The normalized spacial score (nSPS) is 17.8. The summed E-state index contributed by atoms with van der Waals surface area (Å²) in [7, 11) is 0. The molecule has 2 heterocycles. The van der Waals surface area contributed by atoms with Gasteiger partial charge in [0.1, 0.15) is 0 Å². The summed E-state index contributed by atoms with van der Waals surface area (Å²) >= 11 is 0. The molecule has 1 aliphatic heterocycles. The topological polar surface area (TPSA) is 61.0 Å². The molecule has 1 aromatic rings. The Bertz CT molecular complexity index is 421. The Kier molecular flexibility index (Phi) is 5.59. The second-order valence-electron chi connectivity index (χ2n) is 5.50. The third kappa shape index (κ3) is 3.60. The van der Waals surface area contributed by atoms with Crippen LogP contribution in [0.4, 0.5) is 0 Å². The number of H-pyrrole nitrogens is 1. The number of imidazole rings is 1. The van der Waals surface area contributed by atoms with Gasteiger partial charge in [-0.3, -0.25) is 10.1 Å². The van der Waals surface area contributed by atoms with E-state index in [2.05, 4.69) is 29.1 Å². The van der Waals surface area contributed by atoms with Crippen molar-refractivity contribution in [2.75, 3.05) is 13.1 Å². The fraction of sp³-hybridized carbons (Fsp3) is 0.733. The second kappa shape index (κ2) is 7.43. The first-order chi connectivity index (χ1) is 9.76. The number of unbranched alkanes of at least 4 members (excludes halogenated alkanes) is 2. The van der Waals surface area contributed by atoms with E-state index in [1.807, 2.05) is 4.90 Å². The van der Waals surface area contributed by atoms with Crippen molar-refractivity contribution in [2.45, 2.75) is 58.5 Å². The first-order valence-corrected chi connectivity index (χ1v) is 7.79. The number of aromatic nitrogens is 2. The molecule has 2 rings (SSSR count). The van der Waals surface area contributed by atoms with E-state index in [9.17, 15) is 4.79 Å². The maximum Gasteiger partial charge on any atom is 0.240 e. The van der Waals surface area contributed by atoms with Gasteiger partial charge in [0.2, 0.25) is 5.91 Å². The van der Waals surface area contributed by atoms with Gasteiger partial charge >= 0.3 is 0 Å². The van der Waals surface area contributed by atoms with Crippen molar-refractivity contribution in [1.29, 1.82) is 0 Å². The lowest BCUT2D eigenvalue weighted by Crippen LogP contribution is -2.50. The zero-order valence-corrected chi connectivity index (χ0v) is 12.6. The third-order valence-electron chi connectivity index (χ3n) is 3.90. The monoisotopic (exact) mass is 278 g/mol. The molecular weight excluding hydrogens is 252 g/mol. The molecule has 0 saturated heterocycles. The lowest BCUT2D eigenvalue weighted by atomic mass is 10.0. The maximum absolute atomic E-state index is 12.7.